The van der Waals surface area contributed by atoms with Gasteiger partial charge in [0.2, 0.25) is 5.91 Å². The van der Waals surface area contributed by atoms with Crippen molar-refractivity contribution >= 4 is 11.9 Å². The molecule has 1 fully saturated rings. The number of aliphatic hydroxyl groups is 1. The van der Waals surface area contributed by atoms with Crippen molar-refractivity contribution in [1.29, 1.82) is 0 Å². The molecule has 1 aromatic rings. The molecule has 120 valence electrons. The Balaban J connectivity index is 1.85. The Bertz CT molecular complexity index is 526. The Morgan fingerprint density at radius 2 is 1.91 bits per heavy atom. The molecule has 0 spiro atoms. The monoisotopic (exact) mass is 305 g/mol. The zero-order chi connectivity index (χ0) is 16.1. The minimum atomic E-state index is -0.969. The van der Waals surface area contributed by atoms with Crippen LogP contribution in [0.1, 0.15) is 30.4 Å². The SMILES string of the molecule is Cc1ccc(C[C@H]2CCN(C(=O)CCC(=O)O)C[C@H]2O)cc1. The molecule has 5 heteroatoms. The molecule has 1 saturated heterocycles. The maximum Gasteiger partial charge on any atom is 0.303 e. The second-order valence-corrected chi connectivity index (χ2v) is 6.04. The van der Waals surface area contributed by atoms with Crippen molar-refractivity contribution in [2.45, 2.75) is 38.7 Å². The normalized spacial score (nSPS) is 21.6. The Morgan fingerprint density at radius 3 is 2.50 bits per heavy atom. The van der Waals surface area contributed by atoms with E-state index in [0.29, 0.717) is 13.1 Å². The molecular weight excluding hydrogens is 282 g/mol. The first-order valence-corrected chi connectivity index (χ1v) is 7.69. The molecule has 0 bridgehead atoms. The summed E-state index contributed by atoms with van der Waals surface area (Å²) >= 11 is 0. The summed E-state index contributed by atoms with van der Waals surface area (Å²) in [6.45, 7) is 2.93. The maximum atomic E-state index is 11.9. The molecule has 0 unspecified atom stereocenters. The lowest BCUT2D eigenvalue weighted by atomic mass is 9.87. The number of likely N-dealkylation sites (tertiary alicyclic amines) is 1. The Labute approximate surface area is 130 Å². The smallest absolute Gasteiger partial charge is 0.303 e. The van der Waals surface area contributed by atoms with Gasteiger partial charge in [0.15, 0.2) is 0 Å². The summed E-state index contributed by atoms with van der Waals surface area (Å²) in [4.78, 5) is 24.0. The number of carbonyl (C=O) groups is 2. The van der Waals surface area contributed by atoms with Crippen molar-refractivity contribution in [3.8, 4) is 0 Å². The van der Waals surface area contributed by atoms with Crippen LogP contribution in [0.15, 0.2) is 24.3 Å². The highest BCUT2D eigenvalue weighted by atomic mass is 16.4. The molecule has 22 heavy (non-hydrogen) atoms. The number of carboxylic acids is 1. The van der Waals surface area contributed by atoms with Crippen LogP contribution in [0.5, 0.6) is 0 Å². The quantitative estimate of drug-likeness (QED) is 0.866. The summed E-state index contributed by atoms with van der Waals surface area (Å²) in [5.74, 6) is -1.01. The van der Waals surface area contributed by atoms with E-state index in [0.717, 1.165) is 12.8 Å². The van der Waals surface area contributed by atoms with E-state index in [9.17, 15) is 14.7 Å². The number of amides is 1. The fraction of sp³-hybridized carbons (Fsp3) is 0.529. The van der Waals surface area contributed by atoms with Crippen LogP contribution in [0.25, 0.3) is 0 Å². The number of hydrogen-bond acceptors (Lipinski definition) is 3. The van der Waals surface area contributed by atoms with Crippen molar-refractivity contribution in [2.75, 3.05) is 13.1 Å². The van der Waals surface area contributed by atoms with E-state index in [2.05, 4.69) is 24.3 Å². The molecule has 2 atom stereocenters. The van der Waals surface area contributed by atoms with Gasteiger partial charge in [-0.05, 0) is 31.2 Å². The van der Waals surface area contributed by atoms with Gasteiger partial charge < -0.3 is 15.1 Å². The number of aliphatic hydroxyl groups excluding tert-OH is 1. The van der Waals surface area contributed by atoms with Crippen LogP contribution >= 0.6 is 0 Å². The number of carboxylic acid groups (broad SMARTS) is 1. The molecule has 0 aromatic heterocycles. The van der Waals surface area contributed by atoms with Gasteiger partial charge >= 0.3 is 5.97 Å². The second kappa shape index (κ2) is 7.40. The highest BCUT2D eigenvalue weighted by Crippen LogP contribution is 2.23. The van der Waals surface area contributed by atoms with Crippen LogP contribution in [0, 0.1) is 12.8 Å². The molecule has 1 aliphatic rings. The average Bonchev–Trinajstić information content (AvgIpc) is 2.49. The highest BCUT2D eigenvalue weighted by Gasteiger charge is 2.30. The Kier molecular flexibility index (Phi) is 5.55. The third-order valence-electron chi connectivity index (χ3n) is 4.25. The van der Waals surface area contributed by atoms with Gasteiger partial charge in [0.05, 0.1) is 12.5 Å². The van der Waals surface area contributed by atoms with Gasteiger partial charge in [-0.2, -0.15) is 0 Å². The van der Waals surface area contributed by atoms with Gasteiger partial charge in [-0.3, -0.25) is 9.59 Å². The van der Waals surface area contributed by atoms with E-state index in [-0.39, 0.29) is 24.7 Å². The number of piperidine rings is 1. The van der Waals surface area contributed by atoms with E-state index in [4.69, 9.17) is 5.11 Å². The minimum absolute atomic E-state index is 0.00464. The lowest BCUT2D eigenvalue weighted by Crippen LogP contribution is -2.47. The Morgan fingerprint density at radius 1 is 1.23 bits per heavy atom. The standard InChI is InChI=1S/C17H23NO4/c1-12-2-4-13(5-3-12)10-14-8-9-18(11-15(14)19)16(20)6-7-17(21)22/h2-5,14-15,19H,6-11H2,1H3,(H,21,22)/t14-,15-/m1/s1. The maximum absolute atomic E-state index is 11.9. The summed E-state index contributed by atoms with van der Waals surface area (Å²) < 4.78 is 0. The van der Waals surface area contributed by atoms with Gasteiger partial charge in [-0.15, -0.1) is 0 Å². The number of carbonyl (C=O) groups excluding carboxylic acids is 1. The lowest BCUT2D eigenvalue weighted by Gasteiger charge is -2.36. The molecule has 2 rings (SSSR count). The molecule has 1 aromatic carbocycles. The largest absolute Gasteiger partial charge is 0.481 e. The first-order valence-electron chi connectivity index (χ1n) is 7.69. The fourth-order valence-corrected chi connectivity index (χ4v) is 2.84. The zero-order valence-electron chi connectivity index (χ0n) is 12.9. The number of aliphatic carboxylic acids is 1. The summed E-state index contributed by atoms with van der Waals surface area (Å²) in [5.41, 5.74) is 2.41. The van der Waals surface area contributed by atoms with Crippen LogP contribution in [0.2, 0.25) is 0 Å². The van der Waals surface area contributed by atoms with E-state index in [1.165, 1.54) is 11.1 Å². The third kappa shape index (κ3) is 4.56. The Hall–Kier alpha value is -1.88. The molecule has 0 radical (unpaired) electrons. The summed E-state index contributed by atoms with van der Waals surface area (Å²) in [5, 5.41) is 18.9. The van der Waals surface area contributed by atoms with Crippen LogP contribution < -0.4 is 0 Å². The molecule has 1 aliphatic heterocycles. The van der Waals surface area contributed by atoms with Crippen LogP contribution in [-0.4, -0.2) is 46.2 Å². The summed E-state index contributed by atoms with van der Waals surface area (Å²) in [6, 6.07) is 8.28. The minimum Gasteiger partial charge on any atom is -0.481 e. The number of β-amino-alcohol motifs (C(OH)–C–C–N with tert-alkyl or cyclic N) is 1. The number of nitrogens with zero attached hydrogens (tertiary/aromatic N) is 1. The van der Waals surface area contributed by atoms with E-state index in [1.807, 2.05) is 6.92 Å². The van der Waals surface area contributed by atoms with Crippen molar-refractivity contribution in [2.24, 2.45) is 5.92 Å². The summed E-state index contributed by atoms with van der Waals surface area (Å²) in [6.07, 6.45) is 0.846. The van der Waals surface area contributed by atoms with Crippen molar-refractivity contribution in [1.82, 2.24) is 4.90 Å². The molecule has 0 aliphatic carbocycles. The fourth-order valence-electron chi connectivity index (χ4n) is 2.84. The summed E-state index contributed by atoms with van der Waals surface area (Å²) in [7, 11) is 0. The molecule has 1 amide bonds. The molecule has 1 heterocycles. The first-order chi connectivity index (χ1) is 10.5. The topological polar surface area (TPSA) is 77.8 Å². The van der Waals surface area contributed by atoms with Gasteiger partial charge in [0.1, 0.15) is 0 Å². The predicted octanol–water partition coefficient (Wildman–Crippen LogP) is 1.61. The van der Waals surface area contributed by atoms with E-state index in [1.54, 1.807) is 4.90 Å². The number of rotatable bonds is 5. The van der Waals surface area contributed by atoms with Gasteiger partial charge in [-0.1, -0.05) is 29.8 Å². The highest BCUT2D eigenvalue weighted by molar-refractivity contribution is 5.80. The number of aryl methyl sites for hydroxylation is 1. The first kappa shape index (κ1) is 16.5. The molecule has 0 saturated carbocycles. The number of benzene rings is 1. The van der Waals surface area contributed by atoms with Crippen LogP contribution in [0.3, 0.4) is 0 Å². The molecule has 5 nitrogen and oxygen atoms in total. The van der Waals surface area contributed by atoms with E-state index < -0.39 is 12.1 Å². The number of hydrogen-bond donors (Lipinski definition) is 2. The van der Waals surface area contributed by atoms with Gasteiger partial charge in [0.25, 0.3) is 0 Å². The zero-order valence-corrected chi connectivity index (χ0v) is 12.9. The van der Waals surface area contributed by atoms with Crippen molar-refractivity contribution < 1.29 is 19.8 Å². The van der Waals surface area contributed by atoms with Gasteiger partial charge in [-0.25, -0.2) is 0 Å². The van der Waals surface area contributed by atoms with Crippen molar-refractivity contribution in [3.63, 3.8) is 0 Å². The van der Waals surface area contributed by atoms with Gasteiger partial charge in [0, 0.05) is 19.5 Å². The van der Waals surface area contributed by atoms with E-state index >= 15 is 0 Å². The van der Waals surface area contributed by atoms with Crippen LogP contribution in [-0.2, 0) is 16.0 Å². The van der Waals surface area contributed by atoms with Crippen molar-refractivity contribution in [3.05, 3.63) is 35.4 Å². The predicted molar refractivity (Wildman–Crippen MR) is 82.4 cm³/mol. The molecule has 2 N–H and O–H groups in total. The average molecular weight is 305 g/mol. The third-order valence-corrected chi connectivity index (χ3v) is 4.25. The lowest BCUT2D eigenvalue weighted by molar-refractivity contribution is -0.142. The molecular formula is C17H23NO4. The second-order valence-electron chi connectivity index (χ2n) is 6.04. The van der Waals surface area contributed by atoms with Crippen LogP contribution in [0.4, 0.5) is 0 Å².